The zero-order valence-electron chi connectivity index (χ0n) is 23.8. The first kappa shape index (κ1) is 28.0. The van der Waals surface area contributed by atoms with E-state index in [0.29, 0.717) is 0 Å². The van der Waals surface area contributed by atoms with Crippen LogP contribution in [0, 0.1) is 12.1 Å². The van der Waals surface area contributed by atoms with Crippen molar-refractivity contribution in [3.8, 4) is 33.6 Å². The fourth-order valence-electron chi connectivity index (χ4n) is 6.20. The van der Waals surface area contributed by atoms with Gasteiger partial charge in [-0.2, -0.15) is 0 Å². The minimum absolute atomic E-state index is 0. The SMILES string of the molecule is CC(C)(C)c1ccnc(-c2[c-]c(C3(c4[c-]c(-c5ccccn5)ccc4)c4ccccc4-c4ccccc43)ccc2)c1.[Pt+2]. The smallest absolute Gasteiger partial charge is 0.305 e. The Morgan fingerprint density at radius 3 is 1.67 bits per heavy atom. The third-order valence-corrected chi connectivity index (χ3v) is 8.19. The van der Waals surface area contributed by atoms with Crippen LogP contribution in [0.5, 0.6) is 0 Å². The Morgan fingerprint density at radius 2 is 1.10 bits per heavy atom. The molecule has 0 saturated heterocycles. The van der Waals surface area contributed by atoms with Gasteiger partial charge >= 0.3 is 21.1 Å². The van der Waals surface area contributed by atoms with Crippen LogP contribution in [-0.2, 0) is 31.9 Å². The average molecular weight is 722 g/mol. The summed E-state index contributed by atoms with van der Waals surface area (Å²) < 4.78 is 0. The van der Waals surface area contributed by atoms with Gasteiger partial charge < -0.3 is 9.97 Å². The van der Waals surface area contributed by atoms with Crippen LogP contribution in [0.15, 0.2) is 128 Å². The van der Waals surface area contributed by atoms with Crippen LogP contribution in [0.1, 0.15) is 48.6 Å². The molecule has 42 heavy (non-hydrogen) atoms. The van der Waals surface area contributed by atoms with Crippen molar-refractivity contribution >= 4 is 0 Å². The maximum absolute atomic E-state index is 4.78. The topological polar surface area (TPSA) is 25.8 Å². The quantitative estimate of drug-likeness (QED) is 0.170. The summed E-state index contributed by atoms with van der Waals surface area (Å²) in [7, 11) is 0. The van der Waals surface area contributed by atoms with Crippen LogP contribution in [-0.4, -0.2) is 9.97 Å². The molecular formula is C39H30N2Pt. The second-order valence-electron chi connectivity index (χ2n) is 11.7. The third kappa shape index (κ3) is 4.55. The van der Waals surface area contributed by atoms with Crippen molar-refractivity contribution in [2.24, 2.45) is 0 Å². The van der Waals surface area contributed by atoms with Gasteiger partial charge in [0.25, 0.3) is 0 Å². The Balaban J connectivity index is 0.00000316. The first-order valence-corrected chi connectivity index (χ1v) is 14.1. The van der Waals surface area contributed by atoms with Crippen molar-refractivity contribution in [2.75, 3.05) is 0 Å². The van der Waals surface area contributed by atoms with E-state index < -0.39 is 5.41 Å². The van der Waals surface area contributed by atoms with E-state index in [1.807, 2.05) is 30.6 Å². The molecule has 7 rings (SSSR count). The van der Waals surface area contributed by atoms with Crippen LogP contribution in [0.4, 0.5) is 0 Å². The van der Waals surface area contributed by atoms with Gasteiger partial charge in [0.1, 0.15) is 0 Å². The summed E-state index contributed by atoms with van der Waals surface area (Å²) in [5.74, 6) is 0. The molecule has 0 bridgehead atoms. The summed E-state index contributed by atoms with van der Waals surface area (Å²) in [5.41, 5.74) is 11.6. The monoisotopic (exact) mass is 721 g/mol. The number of hydrogen-bond acceptors (Lipinski definition) is 2. The maximum atomic E-state index is 4.78. The van der Waals surface area contributed by atoms with Crippen molar-refractivity contribution in [1.82, 2.24) is 9.97 Å². The normalized spacial score (nSPS) is 13.1. The molecule has 0 spiro atoms. The first-order chi connectivity index (χ1) is 20.0. The van der Waals surface area contributed by atoms with E-state index in [1.165, 1.54) is 27.8 Å². The summed E-state index contributed by atoms with van der Waals surface area (Å²) in [6.07, 6.45) is 3.75. The van der Waals surface area contributed by atoms with Crippen LogP contribution in [0.3, 0.4) is 0 Å². The number of hydrogen-bond donors (Lipinski definition) is 0. The molecule has 0 fully saturated rings. The van der Waals surface area contributed by atoms with E-state index in [9.17, 15) is 0 Å². The molecule has 6 aromatic rings. The number of fused-ring (bicyclic) bond motifs is 3. The average Bonchev–Trinajstić information content (AvgIpc) is 3.33. The number of pyridine rings is 2. The molecule has 1 aliphatic carbocycles. The standard InChI is InChI=1S/C39H30N2.Pt/c1-38(2,3)29-21-23-41-37(26-29)28-13-11-15-31(25-28)39(30-14-10-12-27(24-30)36-20-8-9-22-40-36)34-18-6-4-16-32(34)33-17-5-7-19-35(33)39;/h4-23,26H,1-3H3;/q-2;+2. The Hall–Kier alpha value is -4.13. The van der Waals surface area contributed by atoms with Gasteiger partial charge in [-0.1, -0.05) is 87.5 Å². The minimum atomic E-state index is -0.602. The Kier molecular flexibility index (Phi) is 7.29. The molecule has 3 heteroatoms. The van der Waals surface area contributed by atoms with Crippen LogP contribution >= 0.6 is 0 Å². The first-order valence-electron chi connectivity index (χ1n) is 14.1. The van der Waals surface area contributed by atoms with E-state index >= 15 is 0 Å². The van der Waals surface area contributed by atoms with E-state index in [1.54, 1.807) is 0 Å². The predicted molar refractivity (Wildman–Crippen MR) is 167 cm³/mol. The van der Waals surface area contributed by atoms with Gasteiger partial charge in [-0.3, -0.25) is 0 Å². The summed E-state index contributed by atoms with van der Waals surface area (Å²) in [6, 6.07) is 48.4. The second-order valence-corrected chi connectivity index (χ2v) is 11.7. The van der Waals surface area contributed by atoms with Gasteiger partial charge in [0.15, 0.2) is 0 Å². The molecule has 0 unspecified atom stereocenters. The number of aromatic nitrogens is 2. The molecule has 1 aliphatic rings. The summed E-state index contributed by atoms with van der Waals surface area (Å²) in [6.45, 7) is 6.70. The molecule has 0 saturated carbocycles. The van der Waals surface area contributed by atoms with Crippen molar-refractivity contribution in [3.63, 3.8) is 0 Å². The van der Waals surface area contributed by atoms with Gasteiger partial charge in [-0.05, 0) is 56.8 Å². The van der Waals surface area contributed by atoms with E-state index in [2.05, 4.69) is 135 Å². The molecule has 4 aromatic carbocycles. The van der Waals surface area contributed by atoms with Crippen molar-refractivity contribution in [3.05, 3.63) is 168 Å². The predicted octanol–water partition coefficient (Wildman–Crippen LogP) is 9.07. The molecule has 0 radical (unpaired) electrons. The van der Waals surface area contributed by atoms with Crippen LogP contribution < -0.4 is 0 Å². The third-order valence-electron chi connectivity index (χ3n) is 8.19. The van der Waals surface area contributed by atoms with Gasteiger partial charge in [0.2, 0.25) is 0 Å². The fourth-order valence-corrected chi connectivity index (χ4v) is 6.20. The summed E-state index contributed by atoms with van der Waals surface area (Å²) in [5, 5.41) is 0. The maximum Gasteiger partial charge on any atom is 2.00 e. The largest absolute Gasteiger partial charge is 2.00 e. The second kappa shape index (κ2) is 10.9. The molecule has 0 N–H and O–H groups in total. The van der Waals surface area contributed by atoms with Gasteiger partial charge in [0.05, 0.1) is 0 Å². The van der Waals surface area contributed by atoms with E-state index in [-0.39, 0.29) is 26.5 Å². The van der Waals surface area contributed by atoms with Gasteiger partial charge in [-0.15, -0.1) is 70.8 Å². The molecule has 0 amide bonds. The molecule has 206 valence electrons. The Bertz CT molecular complexity index is 1840. The number of benzene rings is 4. The van der Waals surface area contributed by atoms with E-state index in [4.69, 9.17) is 4.98 Å². The zero-order valence-corrected chi connectivity index (χ0v) is 26.1. The molecule has 2 heterocycles. The van der Waals surface area contributed by atoms with Gasteiger partial charge in [0, 0.05) is 17.8 Å². The molecule has 0 aliphatic heterocycles. The number of rotatable bonds is 4. The minimum Gasteiger partial charge on any atom is -0.305 e. The Labute approximate surface area is 262 Å². The summed E-state index contributed by atoms with van der Waals surface area (Å²) in [4.78, 5) is 9.42. The van der Waals surface area contributed by atoms with Crippen molar-refractivity contribution < 1.29 is 21.1 Å². The summed E-state index contributed by atoms with van der Waals surface area (Å²) >= 11 is 0. The molecule has 0 atom stereocenters. The van der Waals surface area contributed by atoms with Crippen molar-refractivity contribution in [1.29, 1.82) is 0 Å². The molecule has 2 aromatic heterocycles. The van der Waals surface area contributed by atoms with E-state index in [0.717, 1.165) is 33.6 Å². The number of nitrogens with zero attached hydrogens (tertiary/aromatic N) is 2. The van der Waals surface area contributed by atoms with Crippen molar-refractivity contribution in [2.45, 2.75) is 31.6 Å². The molecular weight excluding hydrogens is 692 g/mol. The van der Waals surface area contributed by atoms with Crippen LogP contribution in [0.25, 0.3) is 33.6 Å². The van der Waals surface area contributed by atoms with Gasteiger partial charge in [-0.25, -0.2) is 0 Å². The Morgan fingerprint density at radius 1 is 0.548 bits per heavy atom. The zero-order chi connectivity index (χ0) is 28.0. The molecule has 2 nitrogen and oxygen atoms in total. The van der Waals surface area contributed by atoms with Crippen LogP contribution in [0.2, 0.25) is 0 Å². The fraction of sp³-hybridized carbons (Fsp3) is 0.128.